The average Bonchev–Trinajstić information content (AvgIpc) is 2.71. The first kappa shape index (κ1) is 15.0. The highest BCUT2D eigenvalue weighted by Gasteiger charge is 2.21. The molecule has 1 N–H and O–H groups in total. The second-order valence-electron chi connectivity index (χ2n) is 4.24. The zero-order chi connectivity index (χ0) is 15.1. The van der Waals surface area contributed by atoms with Crippen molar-refractivity contribution in [2.24, 2.45) is 7.05 Å². The van der Waals surface area contributed by atoms with Crippen LogP contribution in [0.2, 0.25) is 5.15 Å². The van der Waals surface area contributed by atoms with Gasteiger partial charge in [-0.15, -0.1) is 11.3 Å². The van der Waals surface area contributed by atoms with Gasteiger partial charge in [-0.2, -0.15) is 0 Å². The van der Waals surface area contributed by atoms with Crippen LogP contribution in [0.1, 0.15) is 10.4 Å². The highest BCUT2D eigenvalue weighted by Crippen LogP contribution is 2.27. The molecule has 0 aliphatic rings. The first-order valence-corrected chi connectivity index (χ1v) is 8.21. The normalized spacial score (nSPS) is 11.6. The summed E-state index contributed by atoms with van der Waals surface area (Å²) in [6.45, 7) is 3.65. The number of hydrogen-bond acceptors (Lipinski definition) is 5. The van der Waals surface area contributed by atoms with E-state index in [1.54, 1.807) is 6.07 Å². The van der Waals surface area contributed by atoms with Gasteiger partial charge in [0.25, 0.3) is 15.6 Å². The van der Waals surface area contributed by atoms with Crippen molar-refractivity contribution in [3.63, 3.8) is 0 Å². The minimum Gasteiger partial charge on any atom is -0.301 e. The third-order valence-electron chi connectivity index (χ3n) is 2.73. The van der Waals surface area contributed by atoms with Gasteiger partial charge < -0.3 is 4.57 Å². The molecule has 9 heteroatoms. The Balaban J connectivity index is 2.49. The summed E-state index contributed by atoms with van der Waals surface area (Å²) >= 11 is 6.92. The third kappa shape index (κ3) is 2.72. The molecule has 2 heterocycles. The summed E-state index contributed by atoms with van der Waals surface area (Å²) < 4.78 is 28.0. The maximum Gasteiger partial charge on any atom is 0.279 e. The third-order valence-corrected chi connectivity index (χ3v) is 5.99. The topological polar surface area (TPSA) is 81.1 Å². The van der Waals surface area contributed by atoms with E-state index in [0.717, 1.165) is 26.3 Å². The molecular weight excluding hydrogens is 322 g/mol. The van der Waals surface area contributed by atoms with E-state index in [4.69, 9.17) is 11.6 Å². The molecule has 0 bridgehead atoms. The Morgan fingerprint density at radius 3 is 2.60 bits per heavy atom. The molecule has 0 atom stereocenters. The summed E-state index contributed by atoms with van der Waals surface area (Å²) in [5.41, 5.74) is 0.0690. The molecule has 2 rings (SSSR count). The fourth-order valence-electron chi connectivity index (χ4n) is 1.46. The Bertz CT molecular complexity index is 804. The zero-order valence-corrected chi connectivity index (χ0v) is 13.4. The van der Waals surface area contributed by atoms with Crippen molar-refractivity contribution in [1.82, 2.24) is 9.55 Å². The Labute approximate surface area is 125 Å². The van der Waals surface area contributed by atoms with Crippen LogP contribution in [-0.2, 0) is 17.1 Å². The van der Waals surface area contributed by atoms with E-state index in [9.17, 15) is 13.2 Å². The number of anilines is 1. The number of aryl methyl sites for hydroxylation is 3. The summed E-state index contributed by atoms with van der Waals surface area (Å²) in [4.78, 5) is 16.5. The van der Waals surface area contributed by atoms with Crippen molar-refractivity contribution >= 4 is 38.6 Å². The number of halogens is 1. The highest BCUT2D eigenvalue weighted by atomic mass is 35.5. The Kier molecular flexibility index (Phi) is 3.90. The quantitative estimate of drug-likeness (QED) is 0.870. The lowest BCUT2D eigenvalue weighted by Gasteiger charge is -2.07. The van der Waals surface area contributed by atoms with Gasteiger partial charge >= 0.3 is 0 Å². The molecule has 20 heavy (non-hydrogen) atoms. The van der Waals surface area contributed by atoms with Crippen molar-refractivity contribution in [3.05, 3.63) is 38.3 Å². The number of hydrogen-bond donors (Lipinski definition) is 1. The largest absolute Gasteiger partial charge is 0.301 e. The molecule has 0 aliphatic carbocycles. The van der Waals surface area contributed by atoms with Gasteiger partial charge in [-0.3, -0.25) is 9.52 Å². The van der Waals surface area contributed by atoms with Gasteiger partial charge in [-0.1, -0.05) is 11.6 Å². The lowest BCUT2D eigenvalue weighted by atomic mass is 10.3. The van der Waals surface area contributed by atoms with Crippen molar-refractivity contribution in [1.29, 1.82) is 0 Å². The van der Waals surface area contributed by atoms with Gasteiger partial charge in [0.05, 0.1) is 6.33 Å². The summed E-state index contributed by atoms with van der Waals surface area (Å²) in [6, 6.07) is 1.55. The van der Waals surface area contributed by atoms with E-state index < -0.39 is 15.6 Å². The van der Waals surface area contributed by atoms with Crippen molar-refractivity contribution < 1.29 is 8.42 Å². The van der Waals surface area contributed by atoms with Crippen molar-refractivity contribution in [3.8, 4) is 0 Å². The van der Waals surface area contributed by atoms with Gasteiger partial charge in [-0.25, -0.2) is 13.4 Å². The Hall–Kier alpha value is -1.38. The monoisotopic (exact) mass is 333 g/mol. The smallest absolute Gasteiger partial charge is 0.279 e. The molecule has 0 radical (unpaired) electrons. The van der Waals surface area contributed by atoms with Crippen LogP contribution in [-0.4, -0.2) is 18.0 Å². The molecule has 0 amide bonds. The molecule has 2 aromatic rings. The maximum absolute atomic E-state index is 12.2. The van der Waals surface area contributed by atoms with Crippen LogP contribution in [0.3, 0.4) is 0 Å². The van der Waals surface area contributed by atoms with Gasteiger partial charge in [0, 0.05) is 11.9 Å². The number of nitrogens with one attached hydrogen (secondary N) is 1. The molecule has 0 fully saturated rings. The highest BCUT2D eigenvalue weighted by molar-refractivity contribution is 7.94. The second-order valence-corrected chi connectivity index (χ2v) is 7.76. The van der Waals surface area contributed by atoms with Crippen LogP contribution in [0.25, 0.3) is 0 Å². The van der Waals surface area contributed by atoms with Gasteiger partial charge in [-0.05, 0) is 25.5 Å². The Morgan fingerprint density at radius 1 is 1.40 bits per heavy atom. The molecule has 0 saturated carbocycles. The molecule has 0 aliphatic heterocycles. The van der Waals surface area contributed by atoms with Gasteiger partial charge in [0.2, 0.25) is 0 Å². The van der Waals surface area contributed by atoms with Gasteiger partial charge in [0.1, 0.15) is 4.21 Å². The summed E-state index contributed by atoms with van der Waals surface area (Å²) in [5, 5.41) is -0.179. The predicted molar refractivity (Wildman–Crippen MR) is 79.1 cm³/mol. The van der Waals surface area contributed by atoms with Crippen LogP contribution in [0.4, 0.5) is 5.69 Å². The Morgan fingerprint density at radius 2 is 2.05 bits per heavy atom. The summed E-state index contributed by atoms with van der Waals surface area (Å²) in [6.07, 6.45) is 1.22. The second kappa shape index (κ2) is 5.19. The van der Waals surface area contributed by atoms with Crippen molar-refractivity contribution in [2.45, 2.75) is 18.1 Å². The SMILES string of the molecule is Cc1cc(S(=O)(=O)Nc2c(Cl)ncn(C)c2=O)sc1C. The molecule has 6 nitrogen and oxygen atoms in total. The first-order valence-electron chi connectivity index (χ1n) is 5.53. The van der Waals surface area contributed by atoms with Crippen LogP contribution in [0.15, 0.2) is 21.4 Å². The average molecular weight is 334 g/mol. The minimum absolute atomic E-state index is 0.134. The number of sulfonamides is 1. The van der Waals surface area contributed by atoms with Crippen LogP contribution in [0, 0.1) is 13.8 Å². The molecule has 2 aromatic heterocycles. The van der Waals surface area contributed by atoms with E-state index in [-0.39, 0.29) is 15.0 Å². The molecular formula is C11H12ClN3O3S2. The molecule has 108 valence electrons. The first-order chi connectivity index (χ1) is 9.22. The molecule has 0 unspecified atom stereocenters. The van der Waals surface area contributed by atoms with E-state index >= 15 is 0 Å². The van der Waals surface area contributed by atoms with E-state index in [0.29, 0.717) is 0 Å². The predicted octanol–water partition coefficient (Wildman–Crippen LogP) is 1.91. The minimum atomic E-state index is -3.85. The van der Waals surface area contributed by atoms with E-state index in [1.165, 1.54) is 13.4 Å². The number of rotatable bonds is 3. The molecule has 0 saturated heterocycles. The number of thiophene rings is 1. The number of aromatic nitrogens is 2. The fraction of sp³-hybridized carbons (Fsp3) is 0.273. The van der Waals surface area contributed by atoms with Crippen LogP contribution in [0.5, 0.6) is 0 Å². The maximum atomic E-state index is 12.2. The standard InChI is InChI=1S/C11H12ClN3O3S2/c1-6-4-8(19-7(6)2)20(17,18)14-9-10(12)13-5-15(3)11(9)16/h4-5,14H,1-3H3. The lowest BCUT2D eigenvalue weighted by molar-refractivity contribution is 0.603. The number of nitrogens with zero attached hydrogens (tertiary/aromatic N) is 2. The molecule has 0 spiro atoms. The van der Waals surface area contributed by atoms with E-state index in [2.05, 4.69) is 9.71 Å². The van der Waals surface area contributed by atoms with E-state index in [1.807, 2.05) is 13.8 Å². The van der Waals surface area contributed by atoms with Crippen LogP contribution >= 0.6 is 22.9 Å². The zero-order valence-electron chi connectivity index (χ0n) is 11.0. The van der Waals surface area contributed by atoms with Crippen LogP contribution < -0.4 is 10.3 Å². The fourth-order valence-corrected chi connectivity index (χ4v) is 4.27. The van der Waals surface area contributed by atoms with Crippen molar-refractivity contribution in [2.75, 3.05) is 4.72 Å². The van der Waals surface area contributed by atoms with Gasteiger partial charge in [0.15, 0.2) is 10.8 Å². The summed E-state index contributed by atoms with van der Waals surface area (Å²) in [5.74, 6) is 0. The lowest BCUT2D eigenvalue weighted by Crippen LogP contribution is -2.25. The molecule has 0 aromatic carbocycles. The summed E-state index contributed by atoms with van der Waals surface area (Å²) in [7, 11) is -2.38.